The predicted octanol–water partition coefficient (Wildman–Crippen LogP) is 5.16. The standard InChI is InChI=1S/C25H27N3O3/c1-29-21-10-11-24-22(17-21)25(27-31-24)20(18-26)16-19-8-3-4-9-23(19)30-15-7-14-28-12-5-2-6-13-28/h3-4,8-11,16-17H,2,5-7,12-15H2,1H3/b20-16+. The van der Waals surface area contributed by atoms with Crippen LogP contribution >= 0.6 is 0 Å². The quantitative estimate of drug-likeness (QED) is 0.373. The van der Waals surface area contributed by atoms with Crippen molar-refractivity contribution in [3.05, 3.63) is 53.7 Å². The summed E-state index contributed by atoms with van der Waals surface area (Å²) >= 11 is 0. The number of fused-ring (bicyclic) bond motifs is 1. The first-order valence-corrected chi connectivity index (χ1v) is 10.8. The van der Waals surface area contributed by atoms with Gasteiger partial charge in [-0.1, -0.05) is 29.8 Å². The first-order chi connectivity index (χ1) is 15.3. The second-order valence-electron chi connectivity index (χ2n) is 7.71. The van der Waals surface area contributed by atoms with Gasteiger partial charge in [0, 0.05) is 12.1 Å². The lowest BCUT2D eigenvalue weighted by molar-refractivity contribution is 0.205. The summed E-state index contributed by atoms with van der Waals surface area (Å²) < 4.78 is 16.8. The first kappa shape index (κ1) is 21.0. The molecule has 2 aromatic carbocycles. The van der Waals surface area contributed by atoms with Crippen LogP contribution in [0.5, 0.6) is 11.5 Å². The highest BCUT2D eigenvalue weighted by molar-refractivity contribution is 5.99. The Morgan fingerprint density at radius 1 is 1.19 bits per heavy atom. The van der Waals surface area contributed by atoms with E-state index in [4.69, 9.17) is 14.0 Å². The minimum absolute atomic E-state index is 0.413. The monoisotopic (exact) mass is 417 g/mol. The number of aromatic nitrogens is 1. The van der Waals surface area contributed by atoms with E-state index < -0.39 is 0 Å². The topological polar surface area (TPSA) is 71.5 Å². The van der Waals surface area contributed by atoms with Crippen LogP contribution < -0.4 is 9.47 Å². The Balaban J connectivity index is 1.50. The third-order valence-electron chi connectivity index (χ3n) is 5.60. The summed E-state index contributed by atoms with van der Waals surface area (Å²) in [4.78, 5) is 2.51. The summed E-state index contributed by atoms with van der Waals surface area (Å²) in [5.41, 5.74) is 2.36. The molecule has 0 N–H and O–H groups in total. The SMILES string of the molecule is COc1ccc2onc(/C(C#N)=C/c3ccccc3OCCCN3CCCCC3)c2c1. The maximum absolute atomic E-state index is 9.82. The lowest BCUT2D eigenvalue weighted by Crippen LogP contribution is -2.31. The predicted molar refractivity (Wildman–Crippen MR) is 121 cm³/mol. The zero-order valence-corrected chi connectivity index (χ0v) is 17.8. The van der Waals surface area contributed by atoms with Crippen LogP contribution in [0, 0.1) is 11.3 Å². The van der Waals surface area contributed by atoms with Gasteiger partial charge in [0.2, 0.25) is 0 Å². The maximum atomic E-state index is 9.82. The third-order valence-corrected chi connectivity index (χ3v) is 5.60. The Hall–Kier alpha value is -3.30. The summed E-state index contributed by atoms with van der Waals surface area (Å²) in [6.07, 6.45) is 6.73. The van der Waals surface area contributed by atoms with E-state index in [2.05, 4.69) is 16.1 Å². The Labute approximate surface area is 182 Å². The highest BCUT2D eigenvalue weighted by Gasteiger charge is 2.15. The molecule has 0 saturated carbocycles. The molecule has 6 nitrogen and oxygen atoms in total. The number of hydrogen-bond donors (Lipinski definition) is 0. The number of allylic oxidation sites excluding steroid dienone is 1. The van der Waals surface area contributed by atoms with Gasteiger partial charge in [-0.15, -0.1) is 0 Å². The van der Waals surface area contributed by atoms with Crippen LogP contribution in [0.1, 0.15) is 36.9 Å². The molecule has 1 aliphatic rings. The number of rotatable bonds is 8. The number of hydrogen-bond acceptors (Lipinski definition) is 6. The summed E-state index contributed by atoms with van der Waals surface area (Å²) in [5, 5.41) is 14.7. The molecule has 1 saturated heterocycles. The molecular formula is C25H27N3O3. The molecule has 0 radical (unpaired) electrons. The largest absolute Gasteiger partial charge is 0.497 e. The highest BCUT2D eigenvalue weighted by atomic mass is 16.5. The molecule has 3 aromatic rings. The maximum Gasteiger partial charge on any atom is 0.167 e. The van der Waals surface area contributed by atoms with Crippen LogP contribution in [0.3, 0.4) is 0 Å². The van der Waals surface area contributed by atoms with Crippen molar-refractivity contribution in [1.29, 1.82) is 5.26 Å². The fourth-order valence-electron chi connectivity index (χ4n) is 3.93. The molecule has 0 atom stereocenters. The molecular weight excluding hydrogens is 390 g/mol. The van der Waals surface area contributed by atoms with Gasteiger partial charge in [-0.3, -0.25) is 0 Å². The fourth-order valence-corrected chi connectivity index (χ4v) is 3.93. The van der Waals surface area contributed by atoms with Gasteiger partial charge >= 0.3 is 0 Å². The minimum atomic E-state index is 0.413. The van der Waals surface area contributed by atoms with Gasteiger partial charge in [-0.25, -0.2) is 0 Å². The Kier molecular flexibility index (Phi) is 6.85. The first-order valence-electron chi connectivity index (χ1n) is 10.8. The Bertz CT molecular complexity index is 1090. The van der Waals surface area contributed by atoms with Gasteiger partial charge in [0.05, 0.1) is 24.7 Å². The van der Waals surface area contributed by atoms with Crippen molar-refractivity contribution in [2.45, 2.75) is 25.7 Å². The number of methoxy groups -OCH3 is 1. The molecule has 31 heavy (non-hydrogen) atoms. The molecule has 0 unspecified atom stereocenters. The average molecular weight is 418 g/mol. The number of ether oxygens (including phenoxy) is 2. The van der Waals surface area contributed by atoms with Gasteiger partial charge in [0.15, 0.2) is 5.58 Å². The van der Waals surface area contributed by atoms with Crippen LogP contribution in [0.2, 0.25) is 0 Å². The molecule has 2 heterocycles. The summed E-state index contributed by atoms with van der Waals surface area (Å²) in [6.45, 7) is 4.10. The van der Waals surface area contributed by atoms with E-state index >= 15 is 0 Å². The average Bonchev–Trinajstić information content (AvgIpc) is 3.24. The molecule has 0 amide bonds. The van der Waals surface area contributed by atoms with Crippen molar-refractivity contribution in [2.75, 3.05) is 33.4 Å². The molecule has 0 aliphatic carbocycles. The Morgan fingerprint density at radius 2 is 2.03 bits per heavy atom. The van der Waals surface area contributed by atoms with E-state index in [1.165, 1.54) is 32.4 Å². The smallest absolute Gasteiger partial charge is 0.167 e. The molecule has 6 heteroatoms. The summed E-state index contributed by atoms with van der Waals surface area (Å²) in [6, 6.07) is 15.4. The molecule has 1 fully saturated rings. The van der Waals surface area contributed by atoms with Crippen molar-refractivity contribution in [3.8, 4) is 17.6 Å². The lowest BCUT2D eigenvalue weighted by Gasteiger charge is -2.26. The van der Waals surface area contributed by atoms with Crippen LogP contribution in [-0.4, -0.2) is 43.4 Å². The van der Waals surface area contributed by atoms with E-state index in [1.807, 2.05) is 30.3 Å². The van der Waals surface area contributed by atoms with Crippen molar-refractivity contribution >= 4 is 22.6 Å². The van der Waals surface area contributed by atoms with Crippen molar-refractivity contribution in [1.82, 2.24) is 10.1 Å². The van der Waals surface area contributed by atoms with Crippen molar-refractivity contribution < 1.29 is 14.0 Å². The number of benzene rings is 2. The van der Waals surface area contributed by atoms with E-state index in [-0.39, 0.29) is 0 Å². The lowest BCUT2D eigenvalue weighted by atomic mass is 10.1. The molecule has 1 aliphatic heterocycles. The van der Waals surface area contributed by atoms with Gasteiger partial charge in [-0.05, 0) is 62.7 Å². The molecule has 160 valence electrons. The van der Waals surface area contributed by atoms with Crippen LogP contribution in [0.15, 0.2) is 47.0 Å². The van der Waals surface area contributed by atoms with Crippen LogP contribution in [0.4, 0.5) is 0 Å². The molecule has 0 bridgehead atoms. The Morgan fingerprint density at radius 3 is 2.84 bits per heavy atom. The van der Waals surface area contributed by atoms with E-state index in [0.29, 0.717) is 29.2 Å². The zero-order chi connectivity index (χ0) is 21.5. The van der Waals surface area contributed by atoms with E-state index in [0.717, 1.165) is 29.7 Å². The van der Waals surface area contributed by atoms with Crippen LogP contribution in [0.25, 0.3) is 22.6 Å². The van der Waals surface area contributed by atoms with Gasteiger partial charge < -0.3 is 18.9 Å². The van der Waals surface area contributed by atoms with Crippen molar-refractivity contribution in [3.63, 3.8) is 0 Å². The number of para-hydroxylation sites is 1. The fraction of sp³-hybridized carbons (Fsp3) is 0.360. The number of piperidine rings is 1. The summed E-state index contributed by atoms with van der Waals surface area (Å²) in [5.74, 6) is 1.45. The van der Waals surface area contributed by atoms with E-state index in [1.54, 1.807) is 25.3 Å². The van der Waals surface area contributed by atoms with Crippen molar-refractivity contribution in [2.24, 2.45) is 0 Å². The van der Waals surface area contributed by atoms with Gasteiger partial charge in [0.1, 0.15) is 23.3 Å². The zero-order valence-electron chi connectivity index (χ0n) is 17.8. The number of nitrogens with zero attached hydrogens (tertiary/aromatic N) is 3. The second-order valence-corrected chi connectivity index (χ2v) is 7.71. The number of nitriles is 1. The molecule has 4 rings (SSSR count). The highest BCUT2D eigenvalue weighted by Crippen LogP contribution is 2.30. The van der Waals surface area contributed by atoms with E-state index in [9.17, 15) is 5.26 Å². The van der Waals surface area contributed by atoms with Gasteiger partial charge in [0.25, 0.3) is 0 Å². The normalized spacial score (nSPS) is 15.0. The molecule has 0 spiro atoms. The molecule has 1 aromatic heterocycles. The third kappa shape index (κ3) is 5.07. The van der Waals surface area contributed by atoms with Crippen LogP contribution in [-0.2, 0) is 0 Å². The number of likely N-dealkylation sites (tertiary alicyclic amines) is 1. The minimum Gasteiger partial charge on any atom is -0.497 e. The van der Waals surface area contributed by atoms with Gasteiger partial charge in [-0.2, -0.15) is 5.26 Å². The second kappa shape index (κ2) is 10.1. The summed E-state index contributed by atoms with van der Waals surface area (Å²) in [7, 11) is 1.61.